The summed E-state index contributed by atoms with van der Waals surface area (Å²) in [5.74, 6) is 1.13. The standard InChI is InChI=1S/C20H24N2OS/c1-21(2)18-10-8-17(9-11-18)20(23)22-13-12-19(24-15-14-22)16-6-4-3-5-7-16/h3-11,19H,12-15H2,1-2H3. The van der Waals surface area contributed by atoms with Crippen LogP contribution in [0.2, 0.25) is 0 Å². The molecule has 0 radical (unpaired) electrons. The van der Waals surface area contributed by atoms with Gasteiger partial charge in [-0.05, 0) is 36.2 Å². The molecule has 3 nitrogen and oxygen atoms in total. The van der Waals surface area contributed by atoms with E-state index in [0.717, 1.165) is 36.5 Å². The molecule has 1 aliphatic heterocycles. The molecule has 24 heavy (non-hydrogen) atoms. The molecule has 3 rings (SSSR count). The Morgan fingerprint density at radius 3 is 2.42 bits per heavy atom. The van der Waals surface area contributed by atoms with E-state index in [2.05, 4.69) is 30.3 Å². The third kappa shape index (κ3) is 3.93. The maximum atomic E-state index is 12.8. The van der Waals surface area contributed by atoms with Gasteiger partial charge in [0.15, 0.2) is 0 Å². The summed E-state index contributed by atoms with van der Waals surface area (Å²) in [6, 6.07) is 18.5. The van der Waals surface area contributed by atoms with Crippen molar-refractivity contribution in [2.45, 2.75) is 11.7 Å². The van der Waals surface area contributed by atoms with Crippen molar-refractivity contribution in [3.63, 3.8) is 0 Å². The van der Waals surface area contributed by atoms with Gasteiger partial charge < -0.3 is 9.80 Å². The highest BCUT2D eigenvalue weighted by Crippen LogP contribution is 2.34. The summed E-state index contributed by atoms with van der Waals surface area (Å²) in [4.78, 5) is 16.8. The van der Waals surface area contributed by atoms with Crippen LogP contribution < -0.4 is 4.90 Å². The van der Waals surface area contributed by atoms with E-state index in [1.54, 1.807) is 0 Å². The van der Waals surface area contributed by atoms with Gasteiger partial charge in [-0.3, -0.25) is 4.79 Å². The molecule has 0 aromatic heterocycles. The summed E-state index contributed by atoms with van der Waals surface area (Å²) in [5.41, 5.74) is 3.26. The predicted molar refractivity (Wildman–Crippen MR) is 103 cm³/mol. The van der Waals surface area contributed by atoms with Gasteiger partial charge in [0.2, 0.25) is 0 Å². The molecule has 1 atom stereocenters. The Morgan fingerprint density at radius 2 is 1.75 bits per heavy atom. The molecule has 0 spiro atoms. The molecule has 1 fully saturated rings. The number of benzene rings is 2. The average Bonchev–Trinajstić information content (AvgIpc) is 2.88. The number of anilines is 1. The van der Waals surface area contributed by atoms with Crippen molar-refractivity contribution in [3.8, 4) is 0 Å². The molecule has 0 N–H and O–H groups in total. The average molecular weight is 340 g/mol. The van der Waals surface area contributed by atoms with Crippen molar-refractivity contribution in [3.05, 3.63) is 65.7 Å². The first-order valence-electron chi connectivity index (χ1n) is 8.38. The molecular formula is C20H24N2OS. The van der Waals surface area contributed by atoms with E-state index in [1.165, 1.54) is 5.56 Å². The lowest BCUT2D eigenvalue weighted by Crippen LogP contribution is -2.33. The number of carbonyl (C=O) groups is 1. The van der Waals surface area contributed by atoms with E-state index in [-0.39, 0.29) is 5.91 Å². The molecule has 1 heterocycles. The summed E-state index contributed by atoms with van der Waals surface area (Å²) in [5, 5.41) is 0.486. The minimum absolute atomic E-state index is 0.148. The van der Waals surface area contributed by atoms with Crippen LogP contribution in [0.1, 0.15) is 27.6 Å². The van der Waals surface area contributed by atoms with E-state index in [0.29, 0.717) is 5.25 Å². The zero-order valence-electron chi connectivity index (χ0n) is 14.3. The van der Waals surface area contributed by atoms with Gasteiger partial charge in [-0.1, -0.05) is 30.3 Å². The van der Waals surface area contributed by atoms with Gasteiger partial charge in [-0.25, -0.2) is 0 Å². The first-order valence-corrected chi connectivity index (χ1v) is 9.43. The number of hydrogen-bond acceptors (Lipinski definition) is 3. The Hall–Kier alpha value is -1.94. The molecule has 126 valence electrons. The summed E-state index contributed by atoms with van der Waals surface area (Å²) in [6.07, 6.45) is 1.01. The first kappa shape index (κ1) is 16.9. The van der Waals surface area contributed by atoms with Gasteiger partial charge in [-0.2, -0.15) is 11.8 Å². The maximum absolute atomic E-state index is 12.8. The molecule has 4 heteroatoms. The van der Waals surface area contributed by atoms with Crippen molar-refractivity contribution in [2.24, 2.45) is 0 Å². The van der Waals surface area contributed by atoms with Crippen LogP contribution in [0.3, 0.4) is 0 Å². The molecular weight excluding hydrogens is 316 g/mol. The minimum Gasteiger partial charge on any atom is -0.378 e. The molecule has 1 unspecified atom stereocenters. The lowest BCUT2D eigenvalue weighted by molar-refractivity contribution is 0.0766. The van der Waals surface area contributed by atoms with Gasteiger partial charge >= 0.3 is 0 Å². The predicted octanol–water partition coefficient (Wildman–Crippen LogP) is 4.07. The molecule has 1 amide bonds. The number of rotatable bonds is 3. The van der Waals surface area contributed by atoms with Crippen LogP contribution in [0.15, 0.2) is 54.6 Å². The molecule has 1 aliphatic rings. The van der Waals surface area contributed by atoms with Crippen molar-refractivity contribution >= 4 is 23.4 Å². The zero-order chi connectivity index (χ0) is 16.9. The SMILES string of the molecule is CN(C)c1ccc(C(=O)N2CCSC(c3ccccc3)CC2)cc1. The minimum atomic E-state index is 0.148. The van der Waals surface area contributed by atoms with E-state index in [4.69, 9.17) is 0 Å². The lowest BCUT2D eigenvalue weighted by atomic mass is 10.1. The fourth-order valence-corrected chi connectivity index (χ4v) is 4.22. The highest BCUT2D eigenvalue weighted by molar-refractivity contribution is 7.99. The number of thioether (sulfide) groups is 1. The van der Waals surface area contributed by atoms with Gasteiger partial charge in [-0.15, -0.1) is 0 Å². The molecule has 0 bridgehead atoms. The monoisotopic (exact) mass is 340 g/mol. The van der Waals surface area contributed by atoms with Crippen LogP contribution in [0.25, 0.3) is 0 Å². The fourth-order valence-electron chi connectivity index (χ4n) is 2.99. The summed E-state index contributed by atoms with van der Waals surface area (Å²) < 4.78 is 0. The van der Waals surface area contributed by atoms with E-state index in [1.807, 2.05) is 59.9 Å². The van der Waals surface area contributed by atoms with Gasteiger partial charge in [0.05, 0.1) is 0 Å². The second-order valence-corrected chi connectivity index (χ2v) is 7.60. The summed E-state index contributed by atoms with van der Waals surface area (Å²) in [6.45, 7) is 1.64. The molecule has 2 aromatic rings. The highest BCUT2D eigenvalue weighted by atomic mass is 32.2. The molecule has 1 saturated heterocycles. The normalized spacial score (nSPS) is 18.1. The van der Waals surface area contributed by atoms with Gasteiger partial charge in [0, 0.05) is 49.4 Å². The van der Waals surface area contributed by atoms with Crippen molar-refractivity contribution in [2.75, 3.05) is 37.8 Å². The maximum Gasteiger partial charge on any atom is 0.253 e. The Kier molecular flexibility index (Phi) is 5.46. The smallest absolute Gasteiger partial charge is 0.253 e. The lowest BCUT2D eigenvalue weighted by Gasteiger charge is -2.21. The van der Waals surface area contributed by atoms with Crippen molar-refractivity contribution in [1.82, 2.24) is 4.90 Å². The van der Waals surface area contributed by atoms with Crippen molar-refractivity contribution < 1.29 is 4.79 Å². The van der Waals surface area contributed by atoms with Gasteiger partial charge in [0.25, 0.3) is 5.91 Å². The molecule has 0 saturated carbocycles. The first-order chi connectivity index (χ1) is 11.6. The van der Waals surface area contributed by atoms with Crippen LogP contribution in [0.4, 0.5) is 5.69 Å². The zero-order valence-corrected chi connectivity index (χ0v) is 15.1. The highest BCUT2D eigenvalue weighted by Gasteiger charge is 2.22. The third-order valence-corrected chi connectivity index (χ3v) is 5.76. The van der Waals surface area contributed by atoms with Crippen molar-refractivity contribution in [1.29, 1.82) is 0 Å². The summed E-state index contributed by atoms with van der Waals surface area (Å²) >= 11 is 1.96. The van der Waals surface area contributed by atoms with E-state index >= 15 is 0 Å². The number of carbonyl (C=O) groups excluding carboxylic acids is 1. The molecule has 0 aliphatic carbocycles. The Bertz CT molecular complexity index is 670. The molecule has 2 aromatic carbocycles. The topological polar surface area (TPSA) is 23.6 Å². The van der Waals surface area contributed by atoms with Crippen LogP contribution in [-0.2, 0) is 0 Å². The number of nitrogens with zero attached hydrogens (tertiary/aromatic N) is 2. The Labute approximate surface area is 148 Å². The number of hydrogen-bond donors (Lipinski definition) is 0. The van der Waals surface area contributed by atoms with Crippen LogP contribution in [0.5, 0.6) is 0 Å². The van der Waals surface area contributed by atoms with E-state index in [9.17, 15) is 4.79 Å². The number of amides is 1. The largest absolute Gasteiger partial charge is 0.378 e. The van der Waals surface area contributed by atoms with Crippen LogP contribution >= 0.6 is 11.8 Å². The second kappa shape index (κ2) is 7.75. The van der Waals surface area contributed by atoms with Gasteiger partial charge in [0.1, 0.15) is 0 Å². The second-order valence-electron chi connectivity index (χ2n) is 6.29. The van der Waals surface area contributed by atoms with Crippen LogP contribution in [-0.4, -0.2) is 43.7 Å². The Balaban J connectivity index is 1.66. The van der Waals surface area contributed by atoms with E-state index < -0.39 is 0 Å². The quantitative estimate of drug-likeness (QED) is 0.841. The fraction of sp³-hybridized carbons (Fsp3) is 0.350. The van der Waals surface area contributed by atoms with Crippen LogP contribution in [0, 0.1) is 0 Å². The Morgan fingerprint density at radius 1 is 1.04 bits per heavy atom. The third-order valence-electron chi connectivity index (χ3n) is 4.43. The summed E-state index contributed by atoms with van der Waals surface area (Å²) in [7, 11) is 4.01.